The van der Waals surface area contributed by atoms with E-state index in [0.717, 1.165) is 24.1 Å². The maximum absolute atomic E-state index is 12.9. The average Bonchev–Trinajstić information content (AvgIpc) is 3.22. The number of hydrogen-bond donors (Lipinski definition) is 2. The summed E-state index contributed by atoms with van der Waals surface area (Å²) in [4.78, 5) is 41.7. The number of rotatable bonds is 4. The second kappa shape index (κ2) is 7.94. The molecule has 1 unspecified atom stereocenters. The number of fused-ring (bicyclic) bond motifs is 1. The molecule has 3 amide bonds. The third-order valence-corrected chi connectivity index (χ3v) is 5.23. The number of nitrogens with one attached hydrogen (secondary N) is 1. The van der Waals surface area contributed by atoms with Gasteiger partial charge in [-0.3, -0.25) is 14.4 Å². The third-order valence-electron chi connectivity index (χ3n) is 5.23. The van der Waals surface area contributed by atoms with Crippen LogP contribution in [0, 0.1) is 0 Å². The highest BCUT2D eigenvalue weighted by atomic mass is 16.2. The van der Waals surface area contributed by atoms with E-state index in [9.17, 15) is 14.4 Å². The van der Waals surface area contributed by atoms with Crippen molar-refractivity contribution in [1.82, 2.24) is 24.8 Å². The smallest absolute Gasteiger partial charge is 0.253 e. The average molecular weight is 406 g/mol. The number of amides is 3. The molecular formula is C21H22N6O3. The molecule has 2 aromatic heterocycles. The molecule has 0 aliphatic carbocycles. The van der Waals surface area contributed by atoms with Crippen molar-refractivity contribution in [3.63, 3.8) is 0 Å². The summed E-state index contributed by atoms with van der Waals surface area (Å²) in [5.41, 5.74) is 8.22. The minimum absolute atomic E-state index is 0.0103. The van der Waals surface area contributed by atoms with Crippen molar-refractivity contribution in [2.75, 3.05) is 13.1 Å². The first-order valence-electron chi connectivity index (χ1n) is 9.73. The van der Waals surface area contributed by atoms with Gasteiger partial charge in [-0.05, 0) is 37.1 Å². The SMILES string of the molecule is CC(=O)NC1CCCN(C(=O)c2ccc(-c3ccc(C(N)=O)c4ncnn34)cc2)C1. The van der Waals surface area contributed by atoms with E-state index >= 15 is 0 Å². The highest BCUT2D eigenvalue weighted by molar-refractivity contribution is 5.99. The van der Waals surface area contributed by atoms with Crippen LogP contribution in [0.15, 0.2) is 42.7 Å². The number of pyridine rings is 1. The van der Waals surface area contributed by atoms with Gasteiger partial charge in [-0.2, -0.15) is 5.10 Å². The van der Waals surface area contributed by atoms with E-state index in [-0.39, 0.29) is 17.9 Å². The molecule has 9 heteroatoms. The quantitative estimate of drug-likeness (QED) is 0.675. The van der Waals surface area contributed by atoms with E-state index in [4.69, 9.17) is 5.73 Å². The van der Waals surface area contributed by atoms with Crippen molar-refractivity contribution >= 4 is 23.4 Å². The Bertz CT molecular complexity index is 1120. The van der Waals surface area contributed by atoms with Gasteiger partial charge < -0.3 is 16.0 Å². The lowest BCUT2D eigenvalue weighted by atomic mass is 10.0. The van der Waals surface area contributed by atoms with Crippen LogP contribution in [0.4, 0.5) is 0 Å². The summed E-state index contributed by atoms with van der Waals surface area (Å²) >= 11 is 0. The first kappa shape index (κ1) is 19.6. The minimum atomic E-state index is -0.570. The number of carbonyl (C=O) groups excluding carboxylic acids is 3. The van der Waals surface area contributed by atoms with Gasteiger partial charge in [0.25, 0.3) is 11.8 Å². The largest absolute Gasteiger partial charge is 0.365 e. The second-order valence-electron chi connectivity index (χ2n) is 7.36. The lowest BCUT2D eigenvalue weighted by Crippen LogP contribution is -2.49. The molecule has 9 nitrogen and oxygen atoms in total. The molecule has 1 atom stereocenters. The molecule has 154 valence electrons. The highest BCUT2D eigenvalue weighted by Crippen LogP contribution is 2.23. The van der Waals surface area contributed by atoms with Gasteiger partial charge >= 0.3 is 0 Å². The standard InChI is InChI=1S/C21H22N6O3/c1-13(28)25-16-3-2-10-26(11-16)21(30)15-6-4-14(5-7-15)18-9-8-17(19(22)29)20-23-12-24-27(18)20/h4-9,12,16H,2-3,10-11H2,1H3,(H2,22,29)(H,25,28). The molecule has 3 N–H and O–H groups in total. The first-order chi connectivity index (χ1) is 14.4. The van der Waals surface area contributed by atoms with Crippen molar-refractivity contribution < 1.29 is 14.4 Å². The van der Waals surface area contributed by atoms with Gasteiger partial charge in [-0.15, -0.1) is 0 Å². The molecule has 1 aliphatic heterocycles. The van der Waals surface area contributed by atoms with E-state index in [1.807, 2.05) is 12.1 Å². The molecule has 0 bridgehead atoms. The molecule has 1 aromatic carbocycles. The zero-order valence-corrected chi connectivity index (χ0v) is 16.5. The number of nitrogens with two attached hydrogens (primary N) is 1. The predicted octanol–water partition coefficient (Wildman–Crippen LogP) is 1.24. The zero-order chi connectivity index (χ0) is 21.3. The summed E-state index contributed by atoms with van der Waals surface area (Å²) in [5, 5.41) is 7.08. The normalized spacial score (nSPS) is 16.4. The molecule has 0 radical (unpaired) electrons. The molecule has 1 saturated heterocycles. The van der Waals surface area contributed by atoms with Crippen molar-refractivity contribution in [1.29, 1.82) is 0 Å². The Balaban J connectivity index is 1.56. The van der Waals surface area contributed by atoms with Gasteiger partial charge in [0.15, 0.2) is 5.65 Å². The molecule has 4 rings (SSSR count). The summed E-state index contributed by atoms with van der Waals surface area (Å²) < 4.78 is 1.56. The monoisotopic (exact) mass is 406 g/mol. The Kier molecular flexibility index (Phi) is 5.18. The fourth-order valence-electron chi connectivity index (χ4n) is 3.85. The minimum Gasteiger partial charge on any atom is -0.365 e. The van der Waals surface area contributed by atoms with E-state index < -0.39 is 5.91 Å². The molecule has 0 spiro atoms. The van der Waals surface area contributed by atoms with Crippen molar-refractivity contribution in [2.24, 2.45) is 5.73 Å². The maximum atomic E-state index is 12.9. The number of nitrogens with zero attached hydrogens (tertiary/aromatic N) is 4. The van der Waals surface area contributed by atoms with E-state index in [0.29, 0.717) is 29.9 Å². The van der Waals surface area contributed by atoms with Crippen LogP contribution < -0.4 is 11.1 Å². The van der Waals surface area contributed by atoms with Crippen LogP contribution in [-0.2, 0) is 4.79 Å². The van der Waals surface area contributed by atoms with Crippen molar-refractivity contribution in [2.45, 2.75) is 25.8 Å². The van der Waals surface area contributed by atoms with Gasteiger partial charge in [0.2, 0.25) is 5.91 Å². The fourth-order valence-corrected chi connectivity index (χ4v) is 3.85. The molecule has 30 heavy (non-hydrogen) atoms. The lowest BCUT2D eigenvalue weighted by molar-refractivity contribution is -0.120. The van der Waals surface area contributed by atoms with E-state index in [2.05, 4.69) is 15.4 Å². The zero-order valence-electron chi connectivity index (χ0n) is 16.5. The number of hydrogen-bond acceptors (Lipinski definition) is 5. The van der Waals surface area contributed by atoms with Gasteiger partial charge in [-0.1, -0.05) is 12.1 Å². The van der Waals surface area contributed by atoms with Crippen LogP contribution in [0.25, 0.3) is 16.9 Å². The molecule has 1 aliphatic rings. The lowest BCUT2D eigenvalue weighted by Gasteiger charge is -2.33. The third kappa shape index (κ3) is 3.73. The molecule has 3 aromatic rings. The number of piperidine rings is 1. The summed E-state index contributed by atoms with van der Waals surface area (Å²) in [7, 11) is 0. The van der Waals surface area contributed by atoms with Crippen molar-refractivity contribution in [3.8, 4) is 11.3 Å². The van der Waals surface area contributed by atoms with Crippen LogP contribution in [0.3, 0.4) is 0 Å². The molecule has 0 saturated carbocycles. The van der Waals surface area contributed by atoms with Gasteiger partial charge in [0.05, 0.1) is 11.3 Å². The Labute approximate surface area is 172 Å². The van der Waals surface area contributed by atoms with E-state index in [1.54, 1.807) is 33.7 Å². The number of aromatic nitrogens is 3. The second-order valence-corrected chi connectivity index (χ2v) is 7.36. The van der Waals surface area contributed by atoms with Crippen molar-refractivity contribution in [3.05, 3.63) is 53.9 Å². The van der Waals surface area contributed by atoms with Crippen LogP contribution in [-0.4, -0.2) is 56.4 Å². The van der Waals surface area contributed by atoms with Crippen LogP contribution in [0.5, 0.6) is 0 Å². The summed E-state index contributed by atoms with van der Waals surface area (Å²) in [5.74, 6) is -0.716. The number of primary amides is 1. The van der Waals surface area contributed by atoms with Crippen LogP contribution in [0.2, 0.25) is 0 Å². The topological polar surface area (TPSA) is 123 Å². The molecular weight excluding hydrogens is 384 g/mol. The van der Waals surface area contributed by atoms with E-state index in [1.165, 1.54) is 13.3 Å². The Hall–Kier alpha value is -3.75. The van der Waals surface area contributed by atoms with Crippen LogP contribution in [0.1, 0.15) is 40.5 Å². The van der Waals surface area contributed by atoms with Gasteiger partial charge in [-0.25, -0.2) is 9.50 Å². The Morgan fingerprint density at radius 2 is 1.90 bits per heavy atom. The molecule has 1 fully saturated rings. The maximum Gasteiger partial charge on any atom is 0.253 e. The highest BCUT2D eigenvalue weighted by Gasteiger charge is 2.25. The van der Waals surface area contributed by atoms with Gasteiger partial charge in [0.1, 0.15) is 6.33 Å². The number of likely N-dealkylation sites (tertiary alicyclic amines) is 1. The first-order valence-corrected chi connectivity index (χ1v) is 9.73. The predicted molar refractivity (Wildman–Crippen MR) is 110 cm³/mol. The Morgan fingerprint density at radius 1 is 1.13 bits per heavy atom. The summed E-state index contributed by atoms with van der Waals surface area (Å²) in [6.45, 7) is 2.67. The summed E-state index contributed by atoms with van der Waals surface area (Å²) in [6.07, 6.45) is 3.09. The number of carbonyl (C=O) groups is 3. The molecule has 3 heterocycles. The summed E-state index contributed by atoms with van der Waals surface area (Å²) in [6, 6.07) is 10.6. The van der Waals surface area contributed by atoms with Gasteiger partial charge in [0, 0.05) is 37.2 Å². The fraction of sp³-hybridized carbons (Fsp3) is 0.286. The Morgan fingerprint density at radius 3 is 2.60 bits per heavy atom. The van der Waals surface area contributed by atoms with Crippen LogP contribution >= 0.6 is 0 Å². The number of benzene rings is 1.